The third-order valence-corrected chi connectivity index (χ3v) is 2.66. The zero-order valence-corrected chi connectivity index (χ0v) is 12.5. The number of Topliss-reactive ketones (excluding diaryl/α,β-unsaturated/α-hetero) is 1. The maximum Gasteiger partial charge on any atom is 0.167 e. The molecular weight excluding hydrogens is 238 g/mol. The van der Waals surface area contributed by atoms with Crippen LogP contribution in [0.15, 0.2) is 24.3 Å². The quantitative estimate of drug-likeness (QED) is 0.766. The summed E-state index contributed by atoms with van der Waals surface area (Å²) in [7, 11) is 0. The number of hydrogen-bond acceptors (Lipinski definition) is 3. The van der Waals surface area contributed by atoms with Crippen molar-refractivity contribution < 1.29 is 9.53 Å². The van der Waals surface area contributed by atoms with E-state index in [4.69, 9.17) is 4.74 Å². The summed E-state index contributed by atoms with van der Waals surface area (Å²) in [6, 6.07) is 7.48. The maximum absolute atomic E-state index is 12.2. The number of para-hydroxylation sites is 1. The Morgan fingerprint density at radius 2 is 1.95 bits per heavy atom. The number of benzene rings is 1. The Bertz CT molecular complexity index is 407. The lowest BCUT2D eigenvalue weighted by Crippen LogP contribution is -2.37. The summed E-state index contributed by atoms with van der Waals surface area (Å²) in [5.74, 6) is 0.827. The topological polar surface area (TPSA) is 38.3 Å². The maximum atomic E-state index is 12.2. The number of carbonyl (C=O) groups is 1. The highest BCUT2D eigenvalue weighted by molar-refractivity contribution is 5.98. The van der Waals surface area contributed by atoms with E-state index < -0.39 is 0 Å². The molecule has 1 N–H and O–H groups in total. The van der Waals surface area contributed by atoms with Gasteiger partial charge in [-0.3, -0.25) is 4.79 Å². The molecule has 0 fully saturated rings. The summed E-state index contributed by atoms with van der Waals surface area (Å²) < 4.78 is 5.61. The largest absolute Gasteiger partial charge is 0.493 e. The van der Waals surface area contributed by atoms with E-state index in [2.05, 4.69) is 33.0 Å². The summed E-state index contributed by atoms with van der Waals surface area (Å²) in [5.41, 5.74) is 0.727. The molecule has 0 aliphatic carbocycles. The highest BCUT2D eigenvalue weighted by Gasteiger charge is 2.14. The predicted molar refractivity (Wildman–Crippen MR) is 78.9 cm³/mol. The van der Waals surface area contributed by atoms with E-state index in [0.717, 1.165) is 6.42 Å². The Labute approximate surface area is 116 Å². The van der Waals surface area contributed by atoms with Crippen LogP contribution in [-0.2, 0) is 0 Å². The first-order chi connectivity index (χ1) is 8.94. The molecule has 0 amide bonds. The zero-order chi connectivity index (χ0) is 14.3. The molecular formula is C16H25NO2. The van der Waals surface area contributed by atoms with Gasteiger partial charge in [0.25, 0.3) is 0 Å². The first kappa shape index (κ1) is 15.7. The molecule has 1 aromatic carbocycles. The van der Waals surface area contributed by atoms with Crippen molar-refractivity contribution in [2.75, 3.05) is 13.2 Å². The first-order valence-corrected chi connectivity index (χ1v) is 6.94. The summed E-state index contributed by atoms with van der Waals surface area (Å²) >= 11 is 0. The number of ether oxygens (including phenoxy) is 1. The van der Waals surface area contributed by atoms with Gasteiger partial charge in [-0.2, -0.15) is 0 Å². The van der Waals surface area contributed by atoms with Crippen LogP contribution < -0.4 is 10.1 Å². The van der Waals surface area contributed by atoms with E-state index >= 15 is 0 Å². The molecule has 3 nitrogen and oxygen atoms in total. The van der Waals surface area contributed by atoms with Crippen molar-refractivity contribution >= 4 is 5.78 Å². The molecule has 106 valence electrons. The fraction of sp³-hybridized carbons (Fsp3) is 0.562. The summed E-state index contributed by atoms with van der Waals surface area (Å²) in [5, 5.41) is 3.32. The van der Waals surface area contributed by atoms with Crippen LogP contribution in [-0.4, -0.2) is 24.5 Å². The SMILES string of the molecule is CCCOc1ccccc1C(=O)CCNC(C)(C)C. The second kappa shape index (κ2) is 7.29. The van der Waals surface area contributed by atoms with Crippen LogP contribution in [0.1, 0.15) is 50.9 Å². The Morgan fingerprint density at radius 1 is 1.26 bits per heavy atom. The molecule has 0 saturated carbocycles. The van der Waals surface area contributed by atoms with Crippen molar-refractivity contribution in [3.63, 3.8) is 0 Å². The molecule has 0 saturated heterocycles. The molecule has 0 radical (unpaired) electrons. The number of ketones is 1. The van der Waals surface area contributed by atoms with E-state index in [1.807, 2.05) is 24.3 Å². The average Bonchev–Trinajstić information content (AvgIpc) is 2.35. The minimum atomic E-state index is 0.0402. The molecule has 0 heterocycles. The minimum Gasteiger partial charge on any atom is -0.493 e. The number of carbonyl (C=O) groups excluding carboxylic acids is 1. The van der Waals surface area contributed by atoms with Crippen molar-refractivity contribution in [1.82, 2.24) is 5.32 Å². The fourth-order valence-electron chi connectivity index (χ4n) is 1.72. The van der Waals surface area contributed by atoms with Gasteiger partial charge in [-0.1, -0.05) is 19.1 Å². The molecule has 0 bridgehead atoms. The van der Waals surface area contributed by atoms with E-state index in [1.54, 1.807) is 0 Å². The molecule has 0 spiro atoms. The highest BCUT2D eigenvalue weighted by Crippen LogP contribution is 2.19. The van der Waals surface area contributed by atoms with E-state index in [1.165, 1.54) is 0 Å². The van der Waals surface area contributed by atoms with Crippen LogP contribution in [0.3, 0.4) is 0 Å². The Hall–Kier alpha value is -1.35. The lowest BCUT2D eigenvalue weighted by atomic mass is 10.1. The molecule has 1 aromatic rings. The first-order valence-electron chi connectivity index (χ1n) is 6.94. The average molecular weight is 263 g/mol. The summed E-state index contributed by atoms with van der Waals surface area (Å²) in [6.45, 7) is 9.66. The number of rotatable bonds is 7. The number of hydrogen-bond donors (Lipinski definition) is 1. The highest BCUT2D eigenvalue weighted by atomic mass is 16.5. The zero-order valence-electron chi connectivity index (χ0n) is 12.5. The lowest BCUT2D eigenvalue weighted by molar-refractivity contribution is 0.0976. The molecule has 0 aliphatic rings. The smallest absolute Gasteiger partial charge is 0.167 e. The lowest BCUT2D eigenvalue weighted by Gasteiger charge is -2.20. The fourth-order valence-corrected chi connectivity index (χ4v) is 1.72. The van der Waals surface area contributed by atoms with Crippen molar-refractivity contribution in [2.45, 2.75) is 46.1 Å². The molecule has 0 unspecified atom stereocenters. The summed E-state index contributed by atoms with van der Waals surface area (Å²) in [4.78, 5) is 12.2. The molecule has 19 heavy (non-hydrogen) atoms. The van der Waals surface area contributed by atoms with Gasteiger partial charge in [-0.15, -0.1) is 0 Å². The second-order valence-corrected chi connectivity index (χ2v) is 5.69. The third-order valence-electron chi connectivity index (χ3n) is 2.66. The van der Waals surface area contributed by atoms with Crippen LogP contribution in [0.2, 0.25) is 0 Å². The van der Waals surface area contributed by atoms with Gasteiger partial charge in [0, 0.05) is 18.5 Å². The van der Waals surface area contributed by atoms with E-state index in [0.29, 0.717) is 30.9 Å². The predicted octanol–water partition coefficient (Wildman–Crippen LogP) is 3.44. The van der Waals surface area contributed by atoms with Crippen molar-refractivity contribution in [3.05, 3.63) is 29.8 Å². The third kappa shape index (κ3) is 5.88. The Kier molecular flexibility index (Phi) is 6.03. The van der Waals surface area contributed by atoms with E-state index in [-0.39, 0.29) is 11.3 Å². The van der Waals surface area contributed by atoms with Gasteiger partial charge in [0.05, 0.1) is 12.2 Å². The van der Waals surface area contributed by atoms with Crippen LogP contribution in [0.4, 0.5) is 0 Å². The van der Waals surface area contributed by atoms with Crippen LogP contribution >= 0.6 is 0 Å². The Balaban J connectivity index is 2.61. The van der Waals surface area contributed by atoms with Crippen LogP contribution in [0, 0.1) is 0 Å². The molecule has 0 aliphatic heterocycles. The molecule has 3 heteroatoms. The van der Waals surface area contributed by atoms with Gasteiger partial charge < -0.3 is 10.1 Å². The van der Waals surface area contributed by atoms with Crippen molar-refractivity contribution in [3.8, 4) is 5.75 Å². The number of nitrogens with one attached hydrogen (secondary N) is 1. The van der Waals surface area contributed by atoms with Gasteiger partial charge in [0.15, 0.2) is 5.78 Å². The van der Waals surface area contributed by atoms with E-state index in [9.17, 15) is 4.79 Å². The summed E-state index contributed by atoms with van der Waals surface area (Å²) in [6.07, 6.45) is 1.43. The van der Waals surface area contributed by atoms with Gasteiger partial charge in [0.2, 0.25) is 0 Å². The standard InChI is InChI=1S/C16H25NO2/c1-5-12-19-15-9-7-6-8-13(15)14(18)10-11-17-16(2,3)4/h6-9,17H,5,10-12H2,1-4H3. The van der Waals surface area contributed by atoms with Crippen molar-refractivity contribution in [2.24, 2.45) is 0 Å². The van der Waals surface area contributed by atoms with Crippen LogP contribution in [0.5, 0.6) is 5.75 Å². The Morgan fingerprint density at radius 3 is 2.58 bits per heavy atom. The molecule has 0 aromatic heterocycles. The van der Waals surface area contributed by atoms with Crippen molar-refractivity contribution in [1.29, 1.82) is 0 Å². The van der Waals surface area contributed by atoms with Gasteiger partial charge >= 0.3 is 0 Å². The van der Waals surface area contributed by atoms with Crippen LogP contribution in [0.25, 0.3) is 0 Å². The second-order valence-electron chi connectivity index (χ2n) is 5.69. The monoisotopic (exact) mass is 263 g/mol. The molecule has 1 rings (SSSR count). The molecule has 0 atom stereocenters. The van der Waals surface area contributed by atoms with Gasteiger partial charge in [-0.05, 0) is 39.3 Å². The van der Waals surface area contributed by atoms with Gasteiger partial charge in [-0.25, -0.2) is 0 Å². The minimum absolute atomic E-state index is 0.0402. The van der Waals surface area contributed by atoms with Gasteiger partial charge in [0.1, 0.15) is 5.75 Å². The normalized spacial score (nSPS) is 11.4.